The van der Waals surface area contributed by atoms with E-state index in [1.54, 1.807) is 18.3 Å². The first-order chi connectivity index (χ1) is 13.1. The first-order valence-corrected chi connectivity index (χ1v) is 8.49. The number of fused-ring (bicyclic) bond motifs is 1. The van der Waals surface area contributed by atoms with Crippen molar-refractivity contribution in [1.29, 1.82) is 0 Å². The molecule has 1 aliphatic carbocycles. The van der Waals surface area contributed by atoms with Crippen molar-refractivity contribution in [1.82, 2.24) is 24.8 Å². The Morgan fingerprint density at radius 2 is 2.19 bits per heavy atom. The third kappa shape index (κ3) is 3.19. The fourth-order valence-electron chi connectivity index (χ4n) is 2.95. The van der Waals surface area contributed by atoms with Crippen LogP contribution in [0.25, 0.3) is 11.0 Å². The molecular formula is C18H17N5O4. The molecule has 2 N–H and O–H groups in total. The number of carbonyl (C=O) groups is 1. The van der Waals surface area contributed by atoms with Gasteiger partial charge in [-0.25, -0.2) is 14.8 Å². The third-order valence-corrected chi connectivity index (χ3v) is 4.44. The van der Waals surface area contributed by atoms with Gasteiger partial charge >= 0.3 is 5.69 Å². The van der Waals surface area contributed by atoms with E-state index in [1.165, 1.54) is 23.9 Å². The van der Waals surface area contributed by atoms with Crippen LogP contribution in [0.15, 0.2) is 40.2 Å². The Balaban J connectivity index is 1.63. The Kier molecular flexibility index (Phi) is 4.19. The van der Waals surface area contributed by atoms with Gasteiger partial charge in [-0.1, -0.05) is 6.07 Å². The van der Waals surface area contributed by atoms with Crippen LogP contribution in [-0.2, 0) is 6.54 Å². The van der Waals surface area contributed by atoms with Crippen LogP contribution in [0.3, 0.4) is 0 Å². The second-order valence-corrected chi connectivity index (χ2v) is 6.31. The summed E-state index contributed by atoms with van der Waals surface area (Å²) in [7, 11) is 1.51. The highest BCUT2D eigenvalue weighted by atomic mass is 16.5. The normalized spacial score (nSPS) is 13.5. The number of hydrogen-bond donors (Lipinski definition) is 2. The Labute approximate surface area is 153 Å². The molecule has 0 radical (unpaired) electrons. The van der Waals surface area contributed by atoms with Gasteiger partial charge in [0.2, 0.25) is 5.88 Å². The fourth-order valence-corrected chi connectivity index (χ4v) is 2.95. The van der Waals surface area contributed by atoms with E-state index in [9.17, 15) is 14.4 Å². The highest BCUT2D eigenvalue weighted by Gasteiger charge is 2.27. The van der Waals surface area contributed by atoms with Crippen LogP contribution in [0.2, 0.25) is 0 Å². The molecule has 0 aromatic carbocycles. The second kappa shape index (κ2) is 6.67. The van der Waals surface area contributed by atoms with Gasteiger partial charge in [0.25, 0.3) is 11.5 Å². The van der Waals surface area contributed by atoms with Crippen molar-refractivity contribution in [2.75, 3.05) is 7.11 Å². The predicted molar refractivity (Wildman–Crippen MR) is 96.9 cm³/mol. The maximum Gasteiger partial charge on any atom is 0.330 e. The summed E-state index contributed by atoms with van der Waals surface area (Å²) >= 11 is 0. The van der Waals surface area contributed by atoms with Crippen molar-refractivity contribution >= 4 is 16.9 Å². The first kappa shape index (κ1) is 17.0. The largest absolute Gasteiger partial charge is 0.481 e. The summed E-state index contributed by atoms with van der Waals surface area (Å²) in [4.78, 5) is 47.3. The van der Waals surface area contributed by atoms with Crippen LogP contribution in [0.1, 0.15) is 34.8 Å². The molecule has 0 bridgehead atoms. The maximum atomic E-state index is 12.5. The summed E-state index contributed by atoms with van der Waals surface area (Å²) in [5, 5.41) is 2.97. The minimum absolute atomic E-state index is 0.0575. The molecule has 4 rings (SSSR count). The SMILES string of the molecule is COc1ncccc1CNC(=O)c1cnc2c(c1)c(=O)[nH]c(=O)n2C1CC1. The maximum absolute atomic E-state index is 12.5. The van der Waals surface area contributed by atoms with Gasteiger partial charge in [0.05, 0.1) is 18.1 Å². The van der Waals surface area contributed by atoms with Gasteiger partial charge in [0.1, 0.15) is 5.65 Å². The molecule has 0 aliphatic heterocycles. The zero-order chi connectivity index (χ0) is 19.0. The average molecular weight is 367 g/mol. The van der Waals surface area contributed by atoms with Crippen molar-refractivity contribution < 1.29 is 9.53 Å². The molecular weight excluding hydrogens is 350 g/mol. The molecule has 9 nitrogen and oxygen atoms in total. The average Bonchev–Trinajstić information content (AvgIpc) is 3.51. The fraction of sp³-hybridized carbons (Fsp3) is 0.278. The monoisotopic (exact) mass is 367 g/mol. The topological polar surface area (TPSA) is 119 Å². The molecule has 0 spiro atoms. The molecule has 3 aromatic heterocycles. The van der Waals surface area contributed by atoms with Gasteiger partial charge in [-0.05, 0) is 25.0 Å². The summed E-state index contributed by atoms with van der Waals surface area (Å²) in [6.07, 6.45) is 4.72. The lowest BCUT2D eigenvalue weighted by atomic mass is 10.2. The van der Waals surface area contributed by atoms with Crippen molar-refractivity contribution in [2.45, 2.75) is 25.4 Å². The van der Waals surface area contributed by atoms with E-state index in [4.69, 9.17) is 4.74 Å². The van der Waals surface area contributed by atoms with Crippen LogP contribution in [0, 0.1) is 0 Å². The highest BCUT2D eigenvalue weighted by molar-refractivity contribution is 5.96. The summed E-state index contributed by atoms with van der Waals surface area (Å²) < 4.78 is 6.64. The summed E-state index contributed by atoms with van der Waals surface area (Å²) in [5.74, 6) is 0.0400. The molecule has 27 heavy (non-hydrogen) atoms. The minimum atomic E-state index is -0.553. The van der Waals surface area contributed by atoms with E-state index < -0.39 is 11.2 Å². The van der Waals surface area contributed by atoms with E-state index in [1.807, 2.05) is 0 Å². The number of amides is 1. The minimum Gasteiger partial charge on any atom is -0.481 e. The molecule has 1 amide bonds. The molecule has 3 heterocycles. The van der Waals surface area contributed by atoms with Gasteiger partial charge in [-0.15, -0.1) is 0 Å². The summed E-state index contributed by atoms with van der Waals surface area (Å²) in [6.45, 7) is 0.214. The van der Waals surface area contributed by atoms with Crippen molar-refractivity contribution in [3.8, 4) is 5.88 Å². The smallest absolute Gasteiger partial charge is 0.330 e. The predicted octanol–water partition coefficient (Wildman–Crippen LogP) is 0.753. The van der Waals surface area contributed by atoms with E-state index in [0.717, 1.165) is 18.4 Å². The van der Waals surface area contributed by atoms with Crippen LogP contribution in [0.4, 0.5) is 0 Å². The number of aromatic amines is 1. The van der Waals surface area contributed by atoms with Gasteiger partial charge in [0, 0.05) is 30.5 Å². The van der Waals surface area contributed by atoms with Gasteiger partial charge in [-0.2, -0.15) is 0 Å². The van der Waals surface area contributed by atoms with Crippen LogP contribution in [-0.4, -0.2) is 32.5 Å². The number of H-pyrrole nitrogens is 1. The van der Waals surface area contributed by atoms with Gasteiger partial charge in [-0.3, -0.25) is 19.1 Å². The molecule has 1 saturated carbocycles. The number of rotatable bonds is 5. The third-order valence-electron chi connectivity index (χ3n) is 4.44. The quantitative estimate of drug-likeness (QED) is 0.687. The number of nitrogens with one attached hydrogen (secondary N) is 2. The molecule has 0 unspecified atom stereocenters. The number of hydrogen-bond acceptors (Lipinski definition) is 6. The van der Waals surface area contributed by atoms with Crippen LogP contribution < -0.4 is 21.3 Å². The van der Waals surface area contributed by atoms with E-state index in [2.05, 4.69) is 20.3 Å². The van der Waals surface area contributed by atoms with Crippen molar-refractivity contribution in [3.63, 3.8) is 0 Å². The Morgan fingerprint density at radius 3 is 2.93 bits per heavy atom. The van der Waals surface area contributed by atoms with Crippen LogP contribution >= 0.6 is 0 Å². The standard InChI is InChI=1S/C18H17N5O4/c1-27-17-10(3-2-6-19-17)8-21-15(24)11-7-13-14(20-9-11)23(12-4-5-12)18(26)22-16(13)25/h2-3,6-7,9,12H,4-5,8H2,1H3,(H,21,24)(H,22,25,26). The Morgan fingerprint density at radius 1 is 1.37 bits per heavy atom. The number of methoxy groups -OCH3 is 1. The summed E-state index contributed by atoms with van der Waals surface area (Å²) in [5.41, 5.74) is 0.238. The number of nitrogens with zero attached hydrogens (tertiary/aromatic N) is 3. The zero-order valence-corrected chi connectivity index (χ0v) is 14.6. The molecule has 0 atom stereocenters. The van der Waals surface area contributed by atoms with E-state index >= 15 is 0 Å². The molecule has 0 saturated heterocycles. The van der Waals surface area contributed by atoms with Gasteiger partial charge in [0.15, 0.2) is 0 Å². The molecule has 1 aliphatic rings. The zero-order valence-electron chi connectivity index (χ0n) is 14.6. The lowest BCUT2D eigenvalue weighted by molar-refractivity contribution is 0.0950. The number of ether oxygens (including phenoxy) is 1. The van der Waals surface area contributed by atoms with Gasteiger partial charge < -0.3 is 10.1 Å². The number of carbonyl (C=O) groups excluding carboxylic acids is 1. The lowest BCUT2D eigenvalue weighted by Gasteiger charge is -2.10. The highest BCUT2D eigenvalue weighted by Crippen LogP contribution is 2.34. The summed E-state index contributed by atoms with van der Waals surface area (Å²) in [6, 6.07) is 5.05. The lowest BCUT2D eigenvalue weighted by Crippen LogP contribution is -2.31. The number of aromatic nitrogens is 4. The first-order valence-electron chi connectivity index (χ1n) is 8.49. The number of pyridine rings is 2. The second-order valence-electron chi connectivity index (χ2n) is 6.31. The molecule has 1 fully saturated rings. The van der Waals surface area contributed by atoms with E-state index in [0.29, 0.717) is 11.5 Å². The Hall–Kier alpha value is -3.49. The van der Waals surface area contributed by atoms with Crippen LogP contribution in [0.5, 0.6) is 5.88 Å². The van der Waals surface area contributed by atoms with E-state index in [-0.39, 0.29) is 29.4 Å². The van der Waals surface area contributed by atoms with Crippen molar-refractivity contribution in [3.05, 3.63) is 62.6 Å². The Bertz CT molecular complexity index is 1150. The molecule has 9 heteroatoms. The van der Waals surface area contributed by atoms with Crippen molar-refractivity contribution in [2.24, 2.45) is 0 Å². The molecule has 138 valence electrons. The molecule has 3 aromatic rings.